The van der Waals surface area contributed by atoms with Gasteiger partial charge >= 0.3 is 12.0 Å². The monoisotopic (exact) mass is 338 g/mol. The van der Waals surface area contributed by atoms with E-state index in [0.29, 0.717) is 6.54 Å². The Morgan fingerprint density at radius 3 is 2.64 bits per heavy atom. The van der Waals surface area contributed by atoms with Crippen molar-refractivity contribution in [1.82, 2.24) is 4.90 Å². The molecule has 0 fully saturated rings. The van der Waals surface area contributed by atoms with Crippen molar-refractivity contribution in [3.63, 3.8) is 0 Å². The van der Waals surface area contributed by atoms with Crippen molar-refractivity contribution in [3.8, 4) is 0 Å². The number of nitrogens with zero attached hydrogens (tertiary/aromatic N) is 1. The number of para-hydroxylation sites is 1. The third-order valence-electron chi connectivity index (χ3n) is 4.68. The molecule has 0 radical (unpaired) electrons. The molecule has 2 aromatic carbocycles. The summed E-state index contributed by atoms with van der Waals surface area (Å²) in [7, 11) is 0. The van der Waals surface area contributed by atoms with E-state index in [-0.39, 0.29) is 12.5 Å². The third kappa shape index (κ3) is 3.65. The van der Waals surface area contributed by atoms with E-state index < -0.39 is 12.0 Å². The van der Waals surface area contributed by atoms with E-state index in [1.165, 1.54) is 0 Å². The van der Waals surface area contributed by atoms with Crippen LogP contribution in [0.5, 0.6) is 0 Å². The van der Waals surface area contributed by atoms with Gasteiger partial charge in [0.1, 0.15) is 0 Å². The fraction of sp³-hybridized carbons (Fsp3) is 0.300. The third-order valence-corrected chi connectivity index (χ3v) is 4.68. The van der Waals surface area contributed by atoms with E-state index in [0.717, 1.165) is 35.2 Å². The van der Waals surface area contributed by atoms with Crippen LogP contribution in [0, 0.1) is 0 Å². The van der Waals surface area contributed by atoms with Gasteiger partial charge in [0, 0.05) is 12.2 Å². The van der Waals surface area contributed by atoms with Crippen LogP contribution in [0.4, 0.5) is 10.5 Å². The number of carboxylic acids is 1. The lowest BCUT2D eigenvalue weighted by atomic mass is 9.91. The van der Waals surface area contributed by atoms with Crippen molar-refractivity contribution >= 4 is 17.7 Å². The maximum atomic E-state index is 12.9. The van der Waals surface area contributed by atoms with Gasteiger partial charge in [0.25, 0.3) is 0 Å². The largest absolute Gasteiger partial charge is 0.481 e. The molecular formula is C20H22N2O3. The van der Waals surface area contributed by atoms with Gasteiger partial charge in [0.15, 0.2) is 0 Å². The standard InChI is InChI=1S/C20H22N2O3/c1-2-14-7-4-6-10-17(14)21-20(25)22-12-11-15-8-3-5-9-16(15)18(22)13-19(23)24/h3-10,18H,2,11-13H2,1H3,(H,21,25)(H,23,24)/t18-/m0/s1. The predicted molar refractivity (Wildman–Crippen MR) is 96.7 cm³/mol. The molecule has 0 saturated heterocycles. The second kappa shape index (κ2) is 7.38. The molecule has 0 spiro atoms. The molecule has 130 valence electrons. The van der Waals surface area contributed by atoms with Crippen LogP contribution in [-0.4, -0.2) is 28.6 Å². The molecule has 5 heteroatoms. The lowest BCUT2D eigenvalue weighted by Gasteiger charge is -2.36. The first-order chi connectivity index (χ1) is 12.1. The zero-order valence-corrected chi connectivity index (χ0v) is 14.2. The van der Waals surface area contributed by atoms with Crippen LogP contribution in [0.25, 0.3) is 0 Å². The zero-order valence-electron chi connectivity index (χ0n) is 14.2. The summed E-state index contributed by atoms with van der Waals surface area (Å²) in [5.41, 5.74) is 3.88. The Morgan fingerprint density at radius 2 is 1.88 bits per heavy atom. The Morgan fingerprint density at radius 1 is 1.16 bits per heavy atom. The highest BCUT2D eigenvalue weighted by molar-refractivity contribution is 5.91. The number of aryl methyl sites for hydroxylation is 1. The van der Waals surface area contributed by atoms with Gasteiger partial charge in [-0.3, -0.25) is 4.79 Å². The Labute approximate surface area is 147 Å². The second-order valence-electron chi connectivity index (χ2n) is 6.20. The maximum absolute atomic E-state index is 12.9. The van der Waals surface area contributed by atoms with E-state index in [1.54, 1.807) is 4.90 Å². The number of fused-ring (bicyclic) bond motifs is 1. The lowest BCUT2D eigenvalue weighted by molar-refractivity contribution is -0.138. The number of benzene rings is 2. The van der Waals surface area contributed by atoms with Crippen molar-refractivity contribution in [1.29, 1.82) is 0 Å². The molecular weight excluding hydrogens is 316 g/mol. The lowest BCUT2D eigenvalue weighted by Crippen LogP contribution is -2.43. The Kier molecular flexibility index (Phi) is 5.03. The number of carbonyl (C=O) groups excluding carboxylic acids is 1. The molecule has 2 amide bonds. The summed E-state index contributed by atoms with van der Waals surface area (Å²) >= 11 is 0. The first-order valence-corrected chi connectivity index (χ1v) is 8.55. The van der Waals surface area contributed by atoms with Crippen LogP contribution in [-0.2, 0) is 17.6 Å². The summed E-state index contributed by atoms with van der Waals surface area (Å²) in [6.45, 7) is 2.55. The summed E-state index contributed by atoms with van der Waals surface area (Å²) in [5.74, 6) is -0.909. The number of hydrogen-bond acceptors (Lipinski definition) is 2. The average molecular weight is 338 g/mol. The smallest absolute Gasteiger partial charge is 0.322 e. The molecule has 0 bridgehead atoms. The van der Waals surface area contributed by atoms with E-state index in [2.05, 4.69) is 5.32 Å². The van der Waals surface area contributed by atoms with E-state index in [9.17, 15) is 14.7 Å². The molecule has 1 heterocycles. The fourth-order valence-electron chi connectivity index (χ4n) is 3.42. The Balaban J connectivity index is 1.87. The number of carboxylic acid groups (broad SMARTS) is 1. The van der Waals surface area contributed by atoms with Crippen molar-refractivity contribution in [2.24, 2.45) is 0 Å². The van der Waals surface area contributed by atoms with E-state index >= 15 is 0 Å². The SMILES string of the molecule is CCc1ccccc1NC(=O)N1CCc2ccccc2[C@@H]1CC(=O)O. The number of nitrogens with one attached hydrogen (secondary N) is 1. The summed E-state index contributed by atoms with van der Waals surface area (Å²) in [6.07, 6.45) is 1.45. The molecule has 0 aromatic heterocycles. The van der Waals surface area contributed by atoms with Crippen LogP contribution >= 0.6 is 0 Å². The minimum absolute atomic E-state index is 0.0974. The number of aliphatic carboxylic acids is 1. The highest BCUT2D eigenvalue weighted by atomic mass is 16.4. The fourth-order valence-corrected chi connectivity index (χ4v) is 3.42. The molecule has 3 rings (SSSR count). The quantitative estimate of drug-likeness (QED) is 0.889. The van der Waals surface area contributed by atoms with Crippen LogP contribution < -0.4 is 5.32 Å². The molecule has 25 heavy (non-hydrogen) atoms. The van der Waals surface area contributed by atoms with Gasteiger partial charge in [0.2, 0.25) is 0 Å². The van der Waals surface area contributed by atoms with Crippen molar-refractivity contribution in [2.75, 3.05) is 11.9 Å². The van der Waals surface area contributed by atoms with E-state index in [1.807, 2.05) is 55.5 Å². The summed E-state index contributed by atoms with van der Waals surface area (Å²) < 4.78 is 0. The summed E-state index contributed by atoms with van der Waals surface area (Å²) in [6, 6.07) is 14.8. The molecule has 0 saturated carbocycles. The van der Waals surface area contributed by atoms with Gasteiger partial charge in [-0.05, 0) is 35.6 Å². The maximum Gasteiger partial charge on any atom is 0.322 e. The van der Waals surface area contributed by atoms with Gasteiger partial charge in [-0.25, -0.2) is 4.79 Å². The first-order valence-electron chi connectivity index (χ1n) is 8.55. The van der Waals surface area contributed by atoms with Gasteiger partial charge < -0.3 is 15.3 Å². The van der Waals surface area contributed by atoms with Crippen LogP contribution in [0.15, 0.2) is 48.5 Å². The van der Waals surface area contributed by atoms with Gasteiger partial charge in [-0.1, -0.05) is 49.4 Å². The van der Waals surface area contributed by atoms with Crippen molar-refractivity contribution in [2.45, 2.75) is 32.2 Å². The van der Waals surface area contributed by atoms with Crippen LogP contribution in [0.3, 0.4) is 0 Å². The number of amides is 2. The molecule has 2 N–H and O–H groups in total. The van der Waals surface area contributed by atoms with Crippen molar-refractivity contribution in [3.05, 3.63) is 65.2 Å². The predicted octanol–water partition coefficient (Wildman–Crippen LogP) is 3.86. The van der Waals surface area contributed by atoms with Gasteiger partial charge in [-0.15, -0.1) is 0 Å². The molecule has 5 nitrogen and oxygen atoms in total. The molecule has 1 aliphatic rings. The van der Waals surface area contributed by atoms with E-state index in [4.69, 9.17) is 0 Å². The minimum atomic E-state index is -0.909. The molecule has 2 aromatic rings. The second-order valence-corrected chi connectivity index (χ2v) is 6.20. The number of anilines is 1. The average Bonchev–Trinajstić information content (AvgIpc) is 2.62. The summed E-state index contributed by atoms with van der Waals surface area (Å²) in [5, 5.41) is 12.3. The van der Waals surface area contributed by atoms with Crippen LogP contribution in [0.1, 0.15) is 36.1 Å². The van der Waals surface area contributed by atoms with Gasteiger partial charge in [0.05, 0.1) is 12.5 Å². The van der Waals surface area contributed by atoms with Crippen molar-refractivity contribution < 1.29 is 14.7 Å². The normalized spacial score (nSPS) is 16.2. The zero-order chi connectivity index (χ0) is 17.8. The molecule has 1 atom stereocenters. The highest BCUT2D eigenvalue weighted by Gasteiger charge is 2.32. The number of carbonyl (C=O) groups is 2. The minimum Gasteiger partial charge on any atom is -0.481 e. The number of rotatable bonds is 4. The summed E-state index contributed by atoms with van der Waals surface area (Å²) in [4.78, 5) is 25.8. The first kappa shape index (κ1) is 17.0. The molecule has 0 unspecified atom stereocenters. The van der Waals surface area contributed by atoms with Gasteiger partial charge in [-0.2, -0.15) is 0 Å². The highest BCUT2D eigenvalue weighted by Crippen LogP contribution is 2.33. The Bertz CT molecular complexity index is 788. The molecule has 1 aliphatic heterocycles. The topological polar surface area (TPSA) is 69.6 Å². The van der Waals surface area contributed by atoms with Crippen LogP contribution in [0.2, 0.25) is 0 Å². The number of hydrogen-bond donors (Lipinski definition) is 2. The Hall–Kier alpha value is -2.82. The molecule has 0 aliphatic carbocycles. The number of urea groups is 1.